The van der Waals surface area contributed by atoms with Crippen molar-refractivity contribution < 1.29 is 32.6 Å². The van der Waals surface area contributed by atoms with E-state index >= 15 is 0 Å². The van der Waals surface area contributed by atoms with Crippen LogP contribution in [-0.2, 0) is 24.3 Å². The molecule has 1 fully saturated rings. The van der Waals surface area contributed by atoms with E-state index in [2.05, 4.69) is 5.32 Å². The van der Waals surface area contributed by atoms with E-state index in [9.17, 15) is 23.1 Å². The van der Waals surface area contributed by atoms with E-state index in [-0.39, 0.29) is 40.0 Å². The molecule has 0 aliphatic carbocycles. The number of morpholine rings is 1. The van der Waals surface area contributed by atoms with E-state index in [1.54, 1.807) is 19.1 Å². The Labute approximate surface area is 184 Å². The van der Waals surface area contributed by atoms with Gasteiger partial charge in [0.1, 0.15) is 11.3 Å². The van der Waals surface area contributed by atoms with Gasteiger partial charge < -0.3 is 19.9 Å². The van der Waals surface area contributed by atoms with E-state index in [4.69, 9.17) is 21.1 Å². The number of sulfonamides is 1. The van der Waals surface area contributed by atoms with Gasteiger partial charge in [0.15, 0.2) is 6.61 Å². The Morgan fingerprint density at radius 2 is 1.90 bits per heavy atom. The molecule has 0 saturated carbocycles. The number of nitrogens with zero attached hydrogens (tertiary/aromatic N) is 1. The Morgan fingerprint density at radius 1 is 1.19 bits per heavy atom. The highest BCUT2D eigenvalue weighted by Crippen LogP contribution is 2.25. The van der Waals surface area contributed by atoms with Gasteiger partial charge in [-0.2, -0.15) is 4.31 Å². The summed E-state index contributed by atoms with van der Waals surface area (Å²) in [5, 5.41) is 12.4. The highest BCUT2D eigenvalue weighted by molar-refractivity contribution is 7.89. The number of phenols is 1. The van der Waals surface area contributed by atoms with E-state index in [0.717, 1.165) is 0 Å². The first-order valence-electron chi connectivity index (χ1n) is 9.32. The third-order valence-corrected chi connectivity index (χ3v) is 6.85. The van der Waals surface area contributed by atoms with Crippen LogP contribution in [0, 0.1) is 6.92 Å². The number of esters is 1. The molecular weight excluding hydrogens is 448 g/mol. The smallest absolute Gasteiger partial charge is 0.342 e. The minimum Gasteiger partial charge on any atom is -0.507 e. The maximum Gasteiger partial charge on any atom is 0.342 e. The molecule has 1 saturated heterocycles. The summed E-state index contributed by atoms with van der Waals surface area (Å²) in [6.07, 6.45) is 0. The van der Waals surface area contributed by atoms with Crippen LogP contribution in [0.4, 0.5) is 5.69 Å². The van der Waals surface area contributed by atoms with Gasteiger partial charge in [0.2, 0.25) is 10.0 Å². The summed E-state index contributed by atoms with van der Waals surface area (Å²) in [6, 6.07) is 8.36. The summed E-state index contributed by atoms with van der Waals surface area (Å²) in [7, 11) is -3.75. The van der Waals surface area contributed by atoms with Crippen molar-refractivity contribution in [2.24, 2.45) is 0 Å². The lowest BCUT2D eigenvalue weighted by molar-refractivity contribution is -0.119. The number of halogens is 1. The Morgan fingerprint density at radius 3 is 2.61 bits per heavy atom. The monoisotopic (exact) mass is 468 g/mol. The fraction of sp³-hybridized carbons (Fsp3) is 0.300. The number of anilines is 1. The zero-order valence-electron chi connectivity index (χ0n) is 16.6. The third-order valence-electron chi connectivity index (χ3n) is 4.57. The fourth-order valence-electron chi connectivity index (χ4n) is 2.96. The zero-order valence-corrected chi connectivity index (χ0v) is 18.2. The molecule has 0 unspecified atom stereocenters. The molecular formula is C20H21ClN2O7S. The quantitative estimate of drug-likeness (QED) is 0.623. The van der Waals surface area contributed by atoms with E-state index in [1.165, 1.54) is 28.6 Å². The van der Waals surface area contributed by atoms with Gasteiger partial charge in [0.25, 0.3) is 5.91 Å². The number of aromatic hydroxyl groups is 1. The highest BCUT2D eigenvalue weighted by atomic mass is 35.5. The average molecular weight is 469 g/mol. The molecule has 31 heavy (non-hydrogen) atoms. The minimum atomic E-state index is -3.75. The Hall–Kier alpha value is -2.66. The van der Waals surface area contributed by atoms with Crippen molar-refractivity contribution >= 4 is 39.2 Å². The van der Waals surface area contributed by atoms with Crippen LogP contribution in [-0.4, -0.2) is 62.6 Å². The third kappa shape index (κ3) is 5.53. The number of hydrogen-bond acceptors (Lipinski definition) is 7. The van der Waals surface area contributed by atoms with Crippen LogP contribution < -0.4 is 5.32 Å². The molecule has 166 valence electrons. The van der Waals surface area contributed by atoms with E-state index in [1.807, 2.05) is 0 Å². The molecule has 2 aromatic rings. The van der Waals surface area contributed by atoms with Crippen molar-refractivity contribution in [3.05, 3.63) is 52.5 Å². The van der Waals surface area contributed by atoms with Gasteiger partial charge in [0.05, 0.1) is 18.1 Å². The molecule has 3 rings (SSSR count). The fourth-order valence-corrected chi connectivity index (χ4v) is 4.79. The Kier molecular flexibility index (Phi) is 7.16. The Bertz CT molecular complexity index is 1100. The number of benzene rings is 2. The summed E-state index contributed by atoms with van der Waals surface area (Å²) in [5.41, 5.74) is 0.603. The van der Waals surface area contributed by atoms with Crippen molar-refractivity contribution in [3.63, 3.8) is 0 Å². The van der Waals surface area contributed by atoms with Crippen molar-refractivity contribution in [2.45, 2.75) is 11.8 Å². The summed E-state index contributed by atoms with van der Waals surface area (Å²) in [5.74, 6) is -1.92. The number of aryl methyl sites for hydroxylation is 1. The SMILES string of the molecule is Cc1ccc(NC(=O)COC(=O)c2cc(Cl)ccc2O)cc1S(=O)(=O)N1CCOCC1. The zero-order chi connectivity index (χ0) is 22.6. The first kappa shape index (κ1) is 23.0. The van der Waals surface area contributed by atoms with Crippen molar-refractivity contribution in [2.75, 3.05) is 38.2 Å². The second-order valence-corrected chi connectivity index (χ2v) is 9.13. The van der Waals surface area contributed by atoms with Crippen LogP contribution in [0.15, 0.2) is 41.3 Å². The number of carbonyl (C=O) groups excluding carboxylic acids is 2. The number of amides is 1. The predicted octanol–water partition coefficient (Wildman–Crippen LogP) is 2.17. The molecule has 0 bridgehead atoms. The highest BCUT2D eigenvalue weighted by Gasteiger charge is 2.28. The number of rotatable bonds is 6. The molecule has 1 aliphatic rings. The molecule has 0 spiro atoms. The van der Waals surface area contributed by atoms with E-state index < -0.39 is 28.5 Å². The van der Waals surface area contributed by atoms with Crippen molar-refractivity contribution in [3.8, 4) is 5.75 Å². The Balaban J connectivity index is 1.67. The lowest BCUT2D eigenvalue weighted by Gasteiger charge is -2.26. The van der Waals surface area contributed by atoms with Crippen LogP contribution >= 0.6 is 11.6 Å². The molecule has 1 heterocycles. The van der Waals surface area contributed by atoms with Gasteiger partial charge in [-0.3, -0.25) is 4.79 Å². The summed E-state index contributed by atoms with van der Waals surface area (Å²) >= 11 is 5.79. The number of phenolic OH excluding ortho intramolecular Hbond substituents is 1. The number of carbonyl (C=O) groups is 2. The van der Waals surface area contributed by atoms with Gasteiger partial charge in [-0.25, -0.2) is 13.2 Å². The number of ether oxygens (including phenoxy) is 2. The van der Waals surface area contributed by atoms with Crippen LogP contribution in [0.2, 0.25) is 5.02 Å². The molecule has 1 aliphatic heterocycles. The van der Waals surface area contributed by atoms with E-state index in [0.29, 0.717) is 18.8 Å². The summed E-state index contributed by atoms with van der Waals surface area (Å²) in [4.78, 5) is 24.3. The van der Waals surface area contributed by atoms with Gasteiger partial charge in [-0.1, -0.05) is 17.7 Å². The van der Waals surface area contributed by atoms with Crippen molar-refractivity contribution in [1.82, 2.24) is 4.31 Å². The normalized spacial score (nSPS) is 14.8. The first-order valence-corrected chi connectivity index (χ1v) is 11.1. The summed E-state index contributed by atoms with van der Waals surface area (Å²) in [6.45, 7) is 2.18. The molecule has 9 nitrogen and oxygen atoms in total. The second-order valence-electron chi connectivity index (χ2n) is 6.78. The summed E-state index contributed by atoms with van der Waals surface area (Å²) < 4.78 is 37.3. The van der Waals surface area contributed by atoms with Crippen LogP contribution in [0.5, 0.6) is 5.75 Å². The van der Waals surface area contributed by atoms with Crippen LogP contribution in [0.1, 0.15) is 15.9 Å². The molecule has 1 amide bonds. The molecule has 11 heteroatoms. The average Bonchev–Trinajstić information content (AvgIpc) is 2.75. The maximum absolute atomic E-state index is 12.9. The topological polar surface area (TPSA) is 122 Å². The van der Waals surface area contributed by atoms with Gasteiger partial charge >= 0.3 is 5.97 Å². The lowest BCUT2D eigenvalue weighted by Crippen LogP contribution is -2.40. The second kappa shape index (κ2) is 9.65. The van der Waals surface area contributed by atoms with Gasteiger partial charge in [-0.15, -0.1) is 0 Å². The molecule has 0 atom stereocenters. The maximum atomic E-state index is 12.9. The van der Waals surface area contributed by atoms with Gasteiger partial charge in [-0.05, 0) is 42.8 Å². The molecule has 2 N–H and O–H groups in total. The number of hydrogen-bond donors (Lipinski definition) is 2. The van der Waals surface area contributed by atoms with Crippen LogP contribution in [0.25, 0.3) is 0 Å². The lowest BCUT2D eigenvalue weighted by atomic mass is 10.2. The first-order chi connectivity index (χ1) is 14.7. The molecule has 0 radical (unpaired) electrons. The minimum absolute atomic E-state index is 0.0769. The van der Waals surface area contributed by atoms with Crippen LogP contribution in [0.3, 0.4) is 0 Å². The predicted molar refractivity (Wildman–Crippen MR) is 113 cm³/mol. The largest absolute Gasteiger partial charge is 0.507 e. The van der Waals surface area contributed by atoms with Crippen molar-refractivity contribution in [1.29, 1.82) is 0 Å². The van der Waals surface area contributed by atoms with Gasteiger partial charge in [0, 0.05) is 23.8 Å². The molecule has 2 aromatic carbocycles. The standard InChI is InChI=1S/C20H21ClN2O7S/c1-13-2-4-15(11-18(13)31(27,28)23-6-8-29-9-7-23)22-19(25)12-30-20(26)16-10-14(21)3-5-17(16)24/h2-5,10-11,24H,6-9,12H2,1H3,(H,22,25). The molecule has 0 aromatic heterocycles. The number of nitrogens with one attached hydrogen (secondary N) is 1.